The molecule has 1 aromatic heterocycles. The maximum atomic E-state index is 13.7. The van der Waals surface area contributed by atoms with Crippen LogP contribution in [0.3, 0.4) is 0 Å². The van der Waals surface area contributed by atoms with Gasteiger partial charge in [0.25, 0.3) is 11.8 Å². The van der Waals surface area contributed by atoms with E-state index in [1.54, 1.807) is 72.2 Å². The average Bonchev–Trinajstić information content (AvgIpc) is 3.56. The van der Waals surface area contributed by atoms with Crippen molar-refractivity contribution < 1.29 is 28.6 Å². The van der Waals surface area contributed by atoms with Gasteiger partial charge < -0.3 is 30.2 Å². The van der Waals surface area contributed by atoms with Gasteiger partial charge in [-0.15, -0.1) is 23.1 Å². The molecule has 4 aromatic rings. The average molecular weight is 633 g/mol. The quantitative estimate of drug-likeness (QED) is 0.119. The summed E-state index contributed by atoms with van der Waals surface area (Å²) in [5.74, 6) is 0.0831. The molecule has 0 fully saturated rings. The highest BCUT2D eigenvalue weighted by atomic mass is 32.2. The minimum Gasteiger partial charge on any atom is -0.496 e. The summed E-state index contributed by atoms with van der Waals surface area (Å²) in [6, 6.07) is 19.0. The number of methoxy groups -OCH3 is 3. The van der Waals surface area contributed by atoms with Crippen LogP contribution in [0.15, 0.2) is 88.9 Å². The van der Waals surface area contributed by atoms with Crippen molar-refractivity contribution in [1.29, 1.82) is 0 Å². The maximum Gasteiger partial charge on any atom is 0.272 e. The Hall–Kier alpha value is -4.81. The van der Waals surface area contributed by atoms with Gasteiger partial charge in [-0.2, -0.15) is 0 Å². The van der Waals surface area contributed by atoms with Crippen molar-refractivity contribution in [2.45, 2.75) is 23.5 Å². The van der Waals surface area contributed by atoms with Crippen LogP contribution in [0.1, 0.15) is 29.3 Å². The molecule has 0 saturated carbocycles. The van der Waals surface area contributed by atoms with Crippen molar-refractivity contribution in [1.82, 2.24) is 10.3 Å². The largest absolute Gasteiger partial charge is 0.496 e. The molecule has 228 valence electrons. The summed E-state index contributed by atoms with van der Waals surface area (Å²) in [5, 5.41) is 10.4. The fourth-order valence-electron chi connectivity index (χ4n) is 4.07. The Morgan fingerprint density at radius 3 is 2.30 bits per heavy atom. The lowest BCUT2D eigenvalue weighted by atomic mass is 10.1. The number of benzene rings is 3. The van der Waals surface area contributed by atoms with Gasteiger partial charge in [0.15, 0.2) is 16.6 Å². The van der Waals surface area contributed by atoms with Crippen LogP contribution in [0.25, 0.3) is 6.08 Å². The van der Waals surface area contributed by atoms with Crippen LogP contribution in [0.4, 0.5) is 10.8 Å². The predicted molar refractivity (Wildman–Crippen MR) is 174 cm³/mol. The standard InChI is InChI=1S/C32H32N4O6S2/c1-5-28(31(39)36-32-33-14-15-43-32)44-23-13-9-12-22(18-23)34-30(38)24(35-29(37)20-10-7-6-8-11-20)16-21-17-26(41-3)27(42-4)19-25(21)40-2/h6-19,28H,5H2,1-4H3,(H,34,38)(H,35,37)(H,33,36,39)/b24-16+. The highest BCUT2D eigenvalue weighted by Crippen LogP contribution is 2.36. The lowest BCUT2D eigenvalue weighted by molar-refractivity contribution is -0.116. The number of rotatable bonds is 13. The molecule has 1 heterocycles. The molecule has 1 atom stereocenters. The van der Waals surface area contributed by atoms with E-state index in [4.69, 9.17) is 14.2 Å². The Morgan fingerprint density at radius 1 is 0.909 bits per heavy atom. The smallest absolute Gasteiger partial charge is 0.272 e. The van der Waals surface area contributed by atoms with Gasteiger partial charge in [-0.05, 0) is 48.9 Å². The molecule has 3 N–H and O–H groups in total. The van der Waals surface area contributed by atoms with E-state index in [0.717, 1.165) is 4.90 Å². The zero-order chi connectivity index (χ0) is 31.5. The molecule has 0 saturated heterocycles. The van der Waals surface area contributed by atoms with Crippen LogP contribution in [0.5, 0.6) is 17.2 Å². The number of nitrogens with zero attached hydrogens (tertiary/aromatic N) is 1. The van der Waals surface area contributed by atoms with Crippen molar-refractivity contribution in [2.75, 3.05) is 32.0 Å². The normalized spacial score (nSPS) is 11.7. The minimum atomic E-state index is -0.568. The molecule has 0 aliphatic rings. The molecule has 12 heteroatoms. The Bertz CT molecular complexity index is 1630. The molecule has 44 heavy (non-hydrogen) atoms. The third-order valence-electron chi connectivity index (χ3n) is 6.26. The zero-order valence-corrected chi connectivity index (χ0v) is 26.2. The molecule has 0 aliphatic carbocycles. The van der Waals surface area contributed by atoms with Crippen molar-refractivity contribution in [2.24, 2.45) is 0 Å². The number of anilines is 2. The van der Waals surface area contributed by atoms with Gasteiger partial charge in [0.2, 0.25) is 5.91 Å². The third-order valence-corrected chi connectivity index (χ3v) is 8.31. The number of carbonyl (C=O) groups excluding carboxylic acids is 3. The lowest BCUT2D eigenvalue weighted by Crippen LogP contribution is -2.30. The van der Waals surface area contributed by atoms with Crippen LogP contribution in [-0.4, -0.2) is 49.3 Å². The second-order valence-electron chi connectivity index (χ2n) is 9.15. The Labute approximate surface area is 263 Å². The first-order chi connectivity index (χ1) is 21.3. The van der Waals surface area contributed by atoms with Gasteiger partial charge in [0, 0.05) is 39.4 Å². The number of amides is 3. The summed E-state index contributed by atoms with van der Waals surface area (Å²) in [4.78, 5) is 44.5. The molecule has 0 aliphatic heterocycles. The Morgan fingerprint density at radius 2 is 1.64 bits per heavy atom. The topological polar surface area (TPSA) is 128 Å². The van der Waals surface area contributed by atoms with Gasteiger partial charge in [-0.25, -0.2) is 4.98 Å². The molecule has 0 radical (unpaired) electrons. The Balaban J connectivity index is 1.60. The van der Waals surface area contributed by atoms with Crippen LogP contribution in [-0.2, 0) is 9.59 Å². The highest BCUT2D eigenvalue weighted by molar-refractivity contribution is 8.00. The summed E-state index contributed by atoms with van der Waals surface area (Å²) in [5.41, 5.74) is 1.31. The van der Waals surface area contributed by atoms with Gasteiger partial charge in [0.05, 0.1) is 26.6 Å². The molecule has 1 unspecified atom stereocenters. The SMILES string of the molecule is CCC(Sc1cccc(NC(=O)/C(=C\c2cc(OC)c(OC)cc2OC)NC(=O)c2ccccc2)c1)C(=O)Nc1nccs1. The summed E-state index contributed by atoms with van der Waals surface area (Å²) in [6.45, 7) is 1.93. The van der Waals surface area contributed by atoms with E-state index in [9.17, 15) is 14.4 Å². The van der Waals surface area contributed by atoms with E-state index in [0.29, 0.717) is 45.6 Å². The van der Waals surface area contributed by atoms with E-state index < -0.39 is 11.8 Å². The zero-order valence-electron chi connectivity index (χ0n) is 24.6. The van der Waals surface area contributed by atoms with Crippen molar-refractivity contribution in [3.05, 3.63) is 95.1 Å². The first-order valence-corrected chi connectivity index (χ1v) is 15.3. The molecular formula is C32H32N4O6S2. The minimum absolute atomic E-state index is 0.0308. The summed E-state index contributed by atoms with van der Waals surface area (Å²) < 4.78 is 16.3. The van der Waals surface area contributed by atoms with E-state index >= 15 is 0 Å². The van der Waals surface area contributed by atoms with Crippen LogP contribution < -0.4 is 30.2 Å². The molecule has 0 bridgehead atoms. The maximum absolute atomic E-state index is 13.7. The number of hydrogen-bond donors (Lipinski definition) is 3. The number of hydrogen-bond acceptors (Lipinski definition) is 9. The fourth-order valence-corrected chi connectivity index (χ4v) is 5.61. The lowest BCUT2D eigenvalue weighted by Gasteiger charge is -2.16. The summed E-state index contributed by atoms with van der Waals surface area (Å²) in [6.07, 6.45) is 3.72. The molecular weight excluding hydrogens is 601 g/mol. The molecule has 0 spiro atoms. The summed E-state index contributed by atoms with van der Waals surface area (Å²) in [7, 11) is 4.50. The number of carbonyl (C=O) groups is 3. The van der Waals surface area contributed by atoms with Crippen LogP contribution in [0.2, 0.25) is 0 Å². The van der Waals surface area contributed by atoms with E-state index in [1.807, 2.05) is 13.0 Å². The van der Waals surface area contributed by atoms with E-state index in [1.165, 1.54) is 50.5 Å². The van der Waals surface area contributed by atoms with E-state index in [-0.39, 0.29) is 16.9 Å². The predicted octanol–water partition coefficient (Wildman–Crippen LogP) is 6.09. The van der Waals surface area contributed by atoms with Crippen molar-refractivity contribution in [3.63, 3.8) is 0 Å². The second-order valence-corrected chi connectivity index (χ2v) is 11.3. The number of aromatic nitrogens is 1. The number of thiazole rings is 1. The Kier molecular flexibility index (Phi) is 11.4. The van der Waals surface area contributed by atoms with Crippen molar-refractivity contribution >= 4 is 57.7 Å². The molecule has 4 rings (SSSR count). The molecule has 3 aromatic carbocycles. The number of nitrogens with one attached hydrogen (secondary N) is 3. The molecule has 3 amide bonds. The van der Waals surface area contributed by atoms with Crippen LogP contribution in [0, 0.1) is 0 Å². The fraction of sp³-hybridized carbons (Fsp3) is 0.188. The van der Waals surface area contributed by atoms with E-state index in [2.05, 4.69) is 20.9 Å². The van der Waals surface area contributed by atoms with Crippen molar-refractivity contribution in [3.8, 4) is 17.2 Å². The van der Waals surface area contributed by atoms with Gasteiger partial charge in [-0.3, -0.25) is 14.4 Å². The first kappa shape index (κ1) is 32.1. The number of ether oxygens (including phenoxy) is 3. The third kappa shape index (κ3) is 8.39. The van der Waals surface area contributed by atoms with Gasteiger partial charge in [0.1, 0.15) is 11.4 Å². The van der Waals surface area contributed by atoms with Gasteiger partial charge >= 0.3 is 0 Å². The number of thioether (sulfide) groups is 1. The second kappa shape index (κ2) is 15.6. The summed E-state index contributed by atoms with van der Waals surface area (Å²) >= 11 is 2.73. The monoisotopic (exact) mass is 632 g/mol. The highest BCUT2D eigenvalue weighted by Gasteiger charge is 2.21. The first-order valence-electron chi connectivity index (χ1n) is 13.5. The van der Waals surface area contributed by atoms with Gasteiger partial charge in [-0.1, -0.05) is 31.2 Å². The van der Waals surface area contributed by atoms with Crippen LogP contribution >= 0.6 is 23.1 Å². The molecule has 10 nitrogen and oxygen atoms in total.